The van der Waals surface area contributed by atoms with E-state index in [1.807, 2.05) is 0 Å². The van der Waals surface area contributed by atoms with Crippen molar-refractivity contribution >= 4 is 75.8 Å². The van der Waals surface area contributed by atoms with Gasteiger partial charge in [0.15, 0.2) is 18.1 Å². The van der Waals surface area contributed by atoms with Gasteiger partial charge >= 0.3 is 0 Å². The lowest BCUT2D eigenvalue weighted by Crippen LogP contribution is -2.24. The maximum Gasteiger partial charge on any atom is 0.277 e. The fourth-order valence-corrected chi connectivity index (χ4v) is 4.06. The first-order chi connectivity index (χ1) is 12.7. The van der Waals surface area contributed by atoms with Crippen molar-refractivity contribution in [1.29, 1.82) is 0 Å². The Morgan fingerprint density at radius 2 is 1.74 bits per heavy atom. The Kier molecular flexibility index (Phi) is 7.95. The fraction of sp³-hybridized carbons (Fsp3) is 0.125. The lowest BCUT2D eigenvalue weighted by atomic mass is 10.2. The zero-order valence-corrected chi connectivity index (χ0v) is 19.9. The van der Waals surface area contributed by atoms with Gasteiger partial charge in [-0.05, 0) is 81.9 Å². The zero-order chi connectivity index (χ0) is 20.1. The summed E-state index contributed by atoms with van der Waals surface area (Å²) >= 11 is 12.9. The maximum absolute atomic E-state index is 11.9. The summed E-state index contributed by atoms with van der Waals surface area (Å²) < 4.78 is 12.4. The maximum atomic E-state index is 11.9. The molecule has 0 spiro atoms. The van der Waals surface area contributed by atoms with Crippen molar-refractivity contribution in [2.75, 3.05) is 13.7 Å². The van der Waals surface area contributed by atoms with Crippen molar-refractivity contribution in [3.63, 3.8) is 0 Å². The van der Waals surface area contributed by atoms with Crippen LogP contribution in [0.4, 0.5) is 0 Å². The van der Waals surface area contributed by atoms with Crippen LogP contribution in [0.2, 0.25) is 0 Å². The van der Waals surface area contributed by atoms with Gasteiger partial charge in [0.2, 0.25) is 0 Å². The van der Waals surface area contributed by atoms with Crippen LogP contribution in [0.25, 0.3) is 0 Å². The summed E-state index contributed by atoms with van der Waals surface area (Å²) in [6, 6.07) is 4.95. The van der Waals surface area contributed by atoms with E-state index in [1.165, 1.54) is 12.3 Å². The van der Waals surface area contributed by atoms with Crippen LogP contribution in [0.15, 0.2) is 41.2 Å². The number of hydrogen-bond acceptors (Lipinski definition) is 6. The van der Waals surface area contributed by atoms with Gasteiger partial charge in [-0.1, -0.05) is 0 Å². The van der Waals surface area contributed by atoms with Crippen molar-refractivity contribution in [3.8, 4) is 23.0 Å². The molecule has 0 unspecified atom stereocenters. The fourth-order valence-electron chi connectivity index (χ4n) is 1.85. The molecule has 11 heteroatoms. The van der Waals surface area contributed by atoms with E-state index in [1.54, 1.807) is 19.2 Å². The van der Waals surface area contributed by atoms with Crippen molar-refractivity contribution in [3.05, 3.63) is 41.7 Å². The van der Waals surface area contributed by atoms with Gasteiger partial charge in [-0.3, -0.25) is 4.79 Å². The van der Waals surface area contributed by atoms with Crippen LogP contribution in [0.5, 0.6) is 23.0 Å². The van der Waals surface area contributed by atoms with Gasteiger partial charge in [0, 0.05) is 5.56 Å². The molecule has 7 nitrogen and oxygen atoms in total. The minimum Gasteiger partial charge on any atom is -0.503 e. The molecule has 0 atom stereocenters. The van der Waals surface area contributed by atoms with Gasteiger partial charge in [0.25, 0.3) is 5.91 Å². The lowest BCUT2D eigenvalue weighted by Gasteiger charge is -2.11. The number of benzene rings is 2. The van der Waals surface area contributed by atoms with E-state index >= 15 is 0 Å². The number of carbonyl (C=O) groups excluding carboxylic acids is 1. The van der Waals surface area contributed by atoms with Crippen molar-refractivity contribution in [2.45, 2.75) is 0 Å². The second-order valence-corrected chi connectivity index (χ2v) is 8.32. The molecule has 2 aromatic rings. The number of rotatable bonds is 6. The minimum atomic E-state index is -0.487. The first kappa shape index (κ1) is 22.0. The highest BCUT2D eigenvalue weighted by molar-refractivity contribution is 9.11. The molecule has 0 saturated heterocycles. The molecule has 27 heavy (non-hydrogen) atoms. The molecule has 2 rings (SSSR count). The molecule has 0 radical (unpaired) electrons. The summed E-state index contributed by atoms with van der Waals surface area (Å²) in [5.74, 6) is -0.0463. The van der Waals surface area contributed by atoms with Crippen LogP contribution >= 0.6 is 63.7 Å². The number of halogens is 4. The van der Waals surface area contributed by atoms with Gasteiger partial charge in [-0.2, -0.15) is 5.10 Å². The van der Waals surface area contributed by atoms with Gasteiger partial charge in [0.1, 0.15) is 11.5 Å². The predicted octanol–water partition coefficient (Wildman–Crippen LogP) is 4.69. The van der Waals surface area contributed by atoms with Gasteiger partial charge in [0.05, 0.1) is 31.2 Å². The van der Waals surface area contributed by atoms with E-state index in [0.717, 1.165) is 0 Å². The van der Waals surface area contributed by atoms with E-state index in [4.69, 9.17) is 9.47 Å². The molecule has 0 aromatic heterocycles. The third kappa shape index (κ3) is 5.59. The van der Waals surface area contributed by atoms with E-state index in [0.29, 0.717) is 26.0 Å². The van der Waals surface area contributed by atoms with Crippen LogP contribution in [0, 0.1) is 0 Å². The number of phenolic OH excluding ortho intramolecular Hbond substituents is 2. The standard InChI is InChI=1S/C16H12Br4N2O5/c1-26-8-3-10(18)16(11(19)4-8)27-6-12(23)22-21-5-7-2-9(17)14(24)15(25)13(7)20/h2-5,24-25H,6H2,1H3,(H,22,23)/b21-5+. The molecule has 0 aliphatic heterocycles. The molecule has 0 fully saturated rings. The summed E-state index contributed by atoms with van der Waals surface area (Å²) in [5, 5.41) is 23.2. The van der Waals surface area contributed by atoms with Gasteiger partial charge < -0.3 is 19.7 Å². The van der Waals surface area contributed by atoms with Crippen LogP contribution in [-0.4, -0.2) is 36.1 Å². The topological polar surface area (TPSA) is 100 Å². The second kappa shape index (κ2) is 9.76. The molecular weight excluding hydrogens is 620 g/mol. The summed E-state index contributed by atoms with van der Waals surface area (Å²) in [4.78, 5) is 11.9. The van der Waals surface area contributed by atoms with Crippen LogP contribution < -0.4 is 14.9 Å². The SMILES string of the molecule is COc1cc(Br)c(OCC(=O)N/N=C/c2cc(Br)c(O)c(O)c2Br)c(Br)c1. The summed E-state index contributed by atoms with van der Waals surface area (Å²) in [6.07, 6.45) is 1.31. The minimum absolute atomic E-state index is 0.239. The molecule has 0 heterocycles. The molecule has 0 saturated carbocycles. The van der Waals surface area contributed by atoms with Crippen molar-refractivity contribution in [1.82, 2.24) is 5.43 Å². The van der Waals surface area contributed by atoms with Crippen molar-refractivity contribution < 1.29 is 24.5 Å². The molecule has 0 bridgehead atoms. The van der Waals surface area contributed by atoms with Crippen LogP contribution in [-0.2, 0) is 4.79 Å². The van der Waals surface area contributed by atoms with E-state index in [-0.39, 0.29) is 27.1 Å². The van der Waals surface area contributed by atoms with Crippen molar-refractivity contribution in [2.24, 2.45) is 5.10 Å². The van der Waals surface area contributed by atoms with Gasteiger partial charge in [-0.25, -0.2) is 5.43 Å². The molecule has 3 N–H and O–H groups in total. The average molecular weight is 632 g/mol. The molecular formula is C16H12Br4N2O5. The monoisotopic (exact) mass is 628 g/mol. The van der Waals surface area contributed by atoms with Gasteiger partial charge in [-0.15, -0.1) is 0 Å². The first-order valence-corrected chi connectivity index (χ1v) is 10.3. The Hall–Kier alpha value is -1.30. The summed E-state index contributed by atoms with van der Waals surface area (Å²) in [7, 11) is 1.55. The Labute approximate surface area is 188 Å². The first-order valence-electron chi connectivity index (χ1n) is 7.12. The predicted molar refractivity (Wildman–Crippen MR) is 115 cm³/mol. The zero-order valence-electron chi connectivity index (χ0n) is 13.6. The Morgan fingerprint density at radius 3 is 2.33 bits per heavy atom. The third-order valence-electron chi connectivity index (χ3n) is 3.14. The van der Waals surface area contributed by atoms with Crippen LogP contribution in [0.3, 0.4) is 0 Å². The Balaban J connectivity index is 1.99. The number of carbonyl (C=O) groups is 1. The smallest absolute Gasteiger partial charge is 0.277 e. The number of ether oxygens (including phenoxy) is 2. The number of hydrazone groups is 1. The number of methoxy groups -OCH3 is 1. The third-order valence-corrected chi connectivity index (χ3v) is 5.76. The number of hydrogen-bond donors (Lipinski definition) is 3. The highest BCUT2D eigenvalue weighted by atomic mass is 79.9. The normalized spacial score (nSPS) is 10.9. The lowest BCUT2D eigenvalue weighted by molar-refractivity contribution is -0.123. The number of phenols is 2. The van der Waals surface area contributed by atoms with E-state index < -0.39 is 5.91 Å². The Bertz CT molecular complexity index is 882. The quantitative estimate of drug-likeness (QED) is 0.244. The largest absolute Gasteiger partial charge is 0.503 e. The average Bonchev–Trinajstić information content (AvgIpc) is 2.63. The van der Waals surface area contributed by atoms with E-state index in [9.17, 15) is 15.0 Å². The highest BCUT2D eigenvalue weighted by Gasteiger charge is 2.14. The highest BCUT2D eigenvalue weighted by Crippen LogP contribution is 2.41. The molecule has 1 amide bonds. The number of nitrogens with one attached hydrogen (secondary N) is 1. The number of aromatic hydroxyl groups is 2. The Morgan fingerprint density at radius 1 is 1.11 bits per heavy atom. The number of nitrogens with zero attached hydrogens (tertiary/aromatic N) is 1. The number of amides is 1. The molecule has 2 aromatic carbocycles. The second-order valence-electron chi connectivity index (χ2n) is 4.96. The molecule has 0 aliphatic carbocycles. The summed E-state index contributed by atoms with van der Waals surface area (Å²) in [5.41, 5.74) is 2.76. The summed E-state index contributed by atoms with van der Waals surface area (Å²) in [6.45, 7) is -0.271. The molecule has 0 aliphatic rings. The molecule has 144 valence electrons. The van der Waals surface area contributed by atoms with E-state index in [2.05, 4.69) is 74.2 Å². The van der Waals surface area contributed by atoms with Crippen LogP contribution in [0.1, 0.15) is 5.56 Å².